The molecule has 1 aliphatic heterocycles. The maximum Gasteiger partial charge on any atom is 0.399 e. The lowest BCUT2D eigenvalue weighted by molar-refractivity contribution is -0.497. The summed E-state index contributed by atoms with van der Waals surface area (Å²) in [6.07, 6.45) is 0. The summed E-state index contributed by atoms with van der Waals surface area (Å²) >= 11 is 0. The molecule has 5 heteroatoms. The second-order valence-corrected chi connectivity index (χ2v) is 8.93. The number of esters is 1. The fraction of sp³-hybridized carbons (Fsp3) is 0.333. The molecule has 2 bridgehead atoms. The van der Waals surface area contributed by atoms with Crippen molar-refractivity contribution < 1.29 is 24.0 Å². The first-order chi connectivity index (χ1) is 15.5. The third-order valence-corrected chi connectivity index (χ3v) is 7.22. The van der Waals surface area contributed by atoms with E-state index in [1.54, 1.807) is 0 Å². The fourth-order valence-electron chi connectivity index (χ4n) is 6.21. The molecule has 4 unspecified atom stereocenters. The minimum absolute atomic E-state index is 0.0840. The molecule has 5 nitrogen and oxygen atoms in total. The zero-order valence-corrected chi connectivity index (χ0v) is 18.8. The molecule has 4 atom stereocenters. The largest absolute Gasteiger partial charge is 0.476 e. The summed E-state index contributed by atoms with van der Waals surface area (Å²) in [5.74, 6) is -0.499. The van der Waals surface area contributed by atoms with Crippen molar-refractivity contribution in [2.75, 3.05) is 14.2 Å². The van der Waals surface area contributed by atoms with Gasteiger partial charge in [0.1, 0.15) is 0 Å². The van der Waals surface area contributed by atoms with Crippen LogP contribution in [-0.2, 0) is 20.8 Å². The van der Waals surface area contributed by atoms with Gasteiger partial charge in [0.05, 0.1) is 26.1 Å². The highest BCUT2D eigenvalue weighted by molar-refractivity contribution is 6.36. The fourth-order valence-corrected chi connectivity index (χ4v) is 6.21. The van der Waals surface area contributed by atoms with E-state index in [0.29, 0.717) is 18.0 Å². The number of allylic oxidation sites excluding steroid dienone is 3. The summed E-state index contributed by atoms with van der Waals surface area (Å²) in [6, 6.07) is 18.5. The lowest BCUT2D eigenvalue weighted by Crippen LogP contribution is -2.32. The lowest BCUT2D eigenvalue weighted by Gasteiger charge is -2.23. The minimum Gasteiger partial charge on any atom is -0.476 e. The number of carbonyl (C=O) groups is 1. The number of fused-ring (bicyclic) bond motifs is 8. The SMILES string of the molecule is COC(=O)C1=[N+](Cc2ccccc2)/C(=C(\O)OC)C2C3C(=C(C)C)C(c4ccccc43)C12. The number of hydrogen-bond donors (Lipinski definition) is 1. The number of aliphatic hydroxyl groups excluding tert-OH is 1. The van der Waals surface area contributed by atoms with Crippen LogP contribution in [0.4, 0.5) is 0 Å². The molecular weight excluding hydrogens is 402 g/mol. The Labute approximate surface area is 188 Å². The number of nitrogens with zero attached hydrogens (tertiary/aromatic N) is 1. The van der Waals surface area contributed by atoms with E-state index in [-0.39, 0.29) is 35.6 Å². The first kappa shape index (κ1) is 20.6. The van der Waals surface area contributed by atoms with Crippen LogP contribution in [0.1, 0.15) is 42.4 Å². The Morgan fingerprint density at radius 3 is 2.06 bits per heavy atom. The van der Waals surface area contributed by atoms with Crippen molar-refractivity contribution in [1.29, 1.82) is 0 Å². The van der Waals surface area contributed by atoms with E-state index < -0.39 is 0 Å². The van der Waals surface area contributed by atoms with Gasteiger partial charge in [-0.05, 0) is 25.0 Å². The monoisotopic (exact) mass is 430 g/mol. The molecule has 0 amide bonds. The Balaban J connectivity index is 1.78. The third-order valence-electron chi connectivity index (χ3n) is 7.22. The van der Waals surface area contributed by atoms with E-state index in [1.807, 2.05) is 34.9 Å². The number of aliphatic hydroxyl groups is 1. The molecule has 0 radical (unpaired) electrons. The zero-order valence-electron chi connectivity index (χ0n) is 18.8. The maximum atomic E-state index is 13.2. The van der Waals surface area contributed by atoms with Crippen LogP contribution in [0.25, 0.3) is 0 Å². The average Bonchev–Trinajstić information content (AvgIpc) is 3.43. The van der Waals surface area contributed by atoms with Crippen molar-refractivity contribution in [3.63, 3.8) is 0 Å². The molecular formula is C27H28NO4+. The summed E-state index contributed by atoms with van der Waals surface area (Å²) in [4.78, 5) is 13.2. The standard InChI is InChI=1S/C27H27NO4/c1-15(2)19-20-17-12-8-9-13-18(17)21(19)23-22(20)24(26(29)31-3)28(25(23)27(30)32-4)14-16-10-6-5-7-11-16/h5-13,20-23H,14H2,1-4H3/p+1. The second-order valence-electron chi connectivity index (χ2n) is 8.93. The Morgan fingerprint density at radius 1 is 0.906 bits per heavy atom. The number of benzene rings is 2. The van der Waals surface area contributed by atoms with Crippen LogP contribution in [0.5, 0.6) is 0 Å². The van der Waals surface area contributed by atoms with Crippen LogP contribution in [0, 0.1) is 11.8 Å². The first-order valence-corrected chi connectivity index (χ1v) is 11.0. The van der Waals surface area contributed by atoms with Crippen LogP contribution < -0.4 is 0 Å². The number of ether oxygens (including phenoxy) is 2. The number of rotatable bonds is 4. The predicted molar refractivity (Wildman–Crippen MR) is 121 cm³/mol. The second kappa shape index (κ2) is 7.66. The van der Waals surface area contributed by atoms with Crippen LogP contribution in [0.3, 0.4) is 0 Å². The molecule has 0 aromatic heterocycles. The molecule has 1 heterocycles. The van der Waals surface area contributed by atoms with Crippen molar-refractivity contribution in [1.82, 2.24) is 0 Å². The highest BCUT2D eigenvalue weighted by Gasteiger charge is 2.67. The average molecular weight is 431 g/mol. The topological polar surface area (TPSA) is 58.8 Å². The normalized spacial score (nSPS) is 26.7. The third kappa shape index (κ3) is 2.77. The molecule has 0 spiro atoms. The molecule has 3 aliphatic rings. The summed E-state index contributed by atoms with van der Waals surface area (Å²) in [7, 11) is 2.89. The molecule has 2 aromatic carbocycles. The summed E-state index contributed by atoms with van der Waals surface area (Å²) in [6.45, 7) is 4.74. The van der Waals surface area contributed by atoms with Gasteiger partial charge in [-0.15, -0.1) is 0 Å². The van der Waals surface area contributed by atoms with Crippen LogP contribution >= 0.6 is 0 Å². The van der Waals surface area contributed by atoms with Gasteiger partial charge in [0.2, 0.25) is 0 Å². The first-order valence-electron chi connectivity index (χ1n) is 11.0. The van der Waals surface area contributed by atoms with Gasteiger partial charge in [-0.1, -0.05) is 65.7 Å². The number of carbonyl (C=O) groups excluding carboxylic acids is 1. The molecule has 32 heavy (non-hydrogen) atoms. The number of hydrogen-bond acceptors (Lipinski definition) is 4. The lowest BCUT2D eigenvalue weighted by atomic mass is 9.74. The summed E-state index contributed by atoms with van der Waals surface area (Å²) in [5.41, 5.74) is 7.48. The molecule has 1 saturated carbocycles. The van der Waals surface area contributed by atoms with Gasteiger partial charge in [0.15, 0.2) is 6.54 Å². The smallest absolute Gasteiger partial charge is 0.399 e. The van der Waals surface area contributed by atoms with Gasteiger partial charge in [0, 0.05) is 17.4 Å². The van der Waals surface area contributed by atoms with Crippen molar-refractivity contribution in [2.24, 2.45) is 11.8 Å². The zero-order chi connectivity index (χ0) is 22.6. The molecule has 1 fully saturated rings. The Bertz CT molecular complexity index is 1190. The highest BCUT2D eigenvalue weighted by Crippen LogP contribution is 2.67. The maximum absolute atomic E-state index is 13.2. The summed E-state index contributed by atoms with van der Waals surface area (Å²) < 4.78 is 12.6. The Morgan fingerprint density at radius 2 is 1.50 bits per heavy atom. The Hall–Kier alpha value is -3.34. The van der Waals surface area contributed by atoms with Crippen molar-refractivity contribution in [3.05, 3.63) is 94.1 Å². The van der Waals surface area contributed by atoms with E-state index in [2.05, 4.69) is 38.1 Å². The molecule has 1 N–H and O–H groups in total. The van der Waals surface area contributed by atoms with E-state index in [9.17, 15) is 9.90 Å². The van der Waals surface area contributed by atoms with Crippen molar-refractivity contribution in [2.45, 2.75) is 32.2 Å². The van der Waals surface area contributed by atoms with Crippen LogP contribution in [-0.4, -0.2) is 35.6 Å². The molecule has 2 aliphatic carbocycles. The van der Waals surface area contributed by atoms with Crippen molar-refractivity contribution >= 4 is 11.7 Å². The molecule has 164 valence electrons. The van der Waals surface area contributed by atoms with Gasteiger partial charge in [-0.25, -0.2) is 4.79 Å². The highest BCUT2D eigenvalue weighted by atomic mass is 16.6. The van der Waals surface area contributed by atoms with E-state index in [1.165, 1.54) is 36.5 Å². The molecule has 0 saturated heterocycles. The van der Waals surface area contributed by atoms with Crippen LogP contribution in [0.2, 0.25) is 0 Å². The number of methoxy groups -OCH3 is 2. The van der Waals surface area contributed by atoms with Gasteiger partial charge in [-0.3, -0.25) is 0 Å². The van der Waals surface area contributed by atoms with Crippen LogP contribution in [0.15, 0.2) is 77.4 Å². The van der Waals surface area contributed by atoms with E-state index in [4.69, 9.17) is 9.47 Å². The Kier molecular flexibility index (Phi) is 4.92. The quantitative estimate of drug-likeness (QED) is 0.332. The van der Waals surface area contributed by atoms with Crippen molar-refractivity contribution in [3.8, 4) is 0 Å². The van der Waals surface area contributed by atoms with Gasteiger partial charge < -0.3 is 14.6 Å². The van der Waals surface area contributed by atoms with E-state index >= 15 is 0 Å². The van der Waals surface area contributed by atoms with Gasteiger partial charge in [-0.2, -0.15) is 4.58 Å². The van der Waals surface area contributed by atoms with Gasteiger partial charge >= 0.3 is 11.9 Å². The predicted octanol–water partition coefficient (Wildman–Crippen LogP) is 4.66. The summed E-state index contributed by atoms with van der Waals surface area (Å²) in [5, 5.41) is 11.0. The molecule has 5 rings (SSSR count). The van der Waals surface area contributed by atoms with E-state index in [0.717, 1.165) is 5.56 Å². The van der Waals surface area contributed by atoms with Gasteiger partial charge in [0.25, 0.3) is 11.4 Å². The molecule has 2 aromatic rings. The minimum atomic E-state index is -0.354.